The number of hydrogen-bond donors (Lipinski definition) is 2. The van der Waals surface area contributed by atoms with E-state index in [0.717, 1.165) is 18.4 Å². The summed E-state index contributed by atoms with van der Waals surface area (Å²) in [5.41, 5.74) is 2.15. The lowest BCUT2D eigenvalue weighted by Crippen LogP contribution is -2.52. The molecule has 10 nitrogen and oxygen atoms in total. The van der Waals surface area contributed by atoms with Crippen molar-refractivity contribution in [1.29, 1.82) is 0 Å². The van der Waals surface area contributed by atoms with Gasteiger partial charge < -0.3 is 10.2 Å². The molecule has 10 heteroatoms. The van der Waals surface area contributed by atoms with E-state index >= 15 is 0 Å². The molecule has 2 aromatic rings. The van der Waals surface area contributed by atoms with Gasteiger partial charge in [-0.2, -0.15) is 0 Å². The maximum absolute atomic E-state index is 13.1. The monoisotopic (exact) mass is 486 g/mol. The van der Waals surface area contributed by atoms with Gasteiger partial charge in [-0.3, -0.25) is 24.5 Å². The molecule has 1 saturated heterocycles. The molecule has 6 atom stereocenters. The van der Waals surface area contributed by atoms with Crippen molar-refractivity contribution in [3.05, 3.63) is 53.4 Å². The molecular weight excluding hydrogens is 460 g/mol. The molecule has 0 spiro atoms. The molecule has 2 bridgehead atoms. The third-order valence-corrected chi connectivity index (χ3v) is 8.78. The van der Waals surface area contributed by atoms with E-state index in [2.05, 4.69) is 33.1 Å². The van der Waals surface area contributed by atoms with Crippen LogP contribution in [0.5, 0.6) is 0 Å². The SMILES string of the molecule is O=C1CCC(N2Cc3ccc(-n4cc(C(=O)N[C@@H]5CC[C@H]6[C@@H]5[C@H]5C=C[C@@H]6C5)nn4)cc3C2=O)C(=O)N1. The topological polar surface area (TPSA) is 126 Å². The van der Waals surface area contributed by atoms with E-state index in [4.69, 9.17) is 0 Å². The highest BCUT2D eigenvalue weighted by molar-refractivity contribution is 6.05. The van der Waals surface area contributed by atoms with Gasteiger partial charge in [-0.25, -0.2) is 4.68 Å². The number of rotatable bonds is 4. The maximum atomic E-state index is 13.1. The number of amides is 4. The molecular formula is C26H26N6O4. The molecule has 2 saturated carbocycles. The number of carbonyl (C=O) groups is 4. The van der Waals surface area contributed by atoms with E-state index in [1.807, 2.05) is 12.1 Å². The van der Waals surface area contributed by atoms with Crippen LogP contribution >= 0.6 is 0 Å². The minimum Gasteiger partial charge on any atom is -0.348 e. The lowest BCUT2D eigenvalue weighted by atomic mass is 9.84. The Labute approximate surface area is 207 Å². The number of piperidine rings is 1. The molecule has 3 heterocycles. The third kappa shape index (κ3) is 3.23. The molecule has 2 N–H and O–H groups in total. The molecule has 36 heavy (non-hydrogen) atoms. The van der Waals surface area contributed by atoms with Gasteiger partial charge >= 0.3 is 0 Å². The normalized spacial score (nSPS) is 32.1. The third-order valence-electron chi connectivity index (χ3n) is 8.78. The zero-order valence-corrected chi connectivity index (χ0v) is 19.6. The van der Waals surface area contributed by atoms with Crippen molar-refractivity contribution in [2.45, 2.75) is 50.7 Å². The standard InChI is InChI=1S/C26H26N6O4/c33-22-8-7-21(25(35)28-22)31-11-15-3-4-16(10-18(15)26(31)36)32-12-20(29-30-32)24(34)27-19-6-5-17-13-1-2-14(9-13)23(17)19/h1-4,10,12-14,17,19,21,23H,5-9,11H2,(H,27,34)(H,28,33,35)/t13-,14+,17-,19-,21?,23+/m1/s1. The molecule has 1 aromatic heterocycles. The summed E-state index contributed by atoms with van der Waals surface area (Å²) in [6.45, 7) is 0.312. The molecule has 3 aliphatic carbocycles. The molecule has 7 rings (SSSR count). The van der Waals surface area contributed by atoms with Crippen LogP contribution in [0, 0.1) is 23.7 Å². The first-order chi connectivity index (χ1) is 17.5. The summed E-state index contributed by atoms with van der Waals surface area (Å²) < 4.78 is 1.49. The smallest absolute Gasteiger partial charge is 0.273 e. The van der Waals surface area contributed by atoms with Crippen LogP contribution in [0.4, 0.5) is 0 Å². The van der Waals surface area contributed by atoms with E-state index < -0.39 is 11.9 Å². The molecule has 184 valence electrons. The van der Waals surface area contributed by atoms with Crippen molar-refractivity contribution >= 4 is 23.6 Å². The number of carbonyl (C=O) groups excluding carboxylic acids is 4. The highest BCUT2D eigenvalue weighted by Gasteiger charge is 2.51. The number of nitrogens with one attached hydrogen (secondary N) is 2. The largest absolute Gasteiger partial charge is 0.348 e. The summed E-state index contributed by atoms with van der Waals surface area (Å²) in [7, 11) is 0. The predicted octanol–water partition coefficient (Wildman–Crippen LogP) is 1.36. The minimum absolute atomic E-state index is 0.170. The summed E-state index contributed by atoms with van der Waals surface area (Å²) >= 11 is 0. The summed E-state index contributed by atoms with van der Waals surface area (Å²) in [5.74, 6) is 1.24. The molecule has 1 aromatic carbocycles. The van der Waals surface area contributed by atoms with Gasteiger partial charge in [0.25, 0.3) is 11.8 Å². The van der Waals surface area contributed by atoms with Crippen LogP contribution in [0.3, 0.4) is 0 Å². The molecule has 1 unspecified atom stereocenters. The first-order valence-corrected chi connectivity index (χ1v) is 12.7. The van der Waals surface area contributed by atoms with E-state index in [9.17, 15) is 19.2 Å². The average molecular weight is 487 g/mol. The fraction of sp³-hybridized carbons (Fsp3) is 0.462. The number of fused-ring (bicyclic) bond motifs is 6. The molecule has 4 amide bonds. The zero-order valence-electron chi connectivity index (χ0n) is 19.6. The van der Waals surface area contributed by atoms with Crippen molar-refractivity contribution in [2.24, 2.45) is 23.7 Å². The Balaban J connectivity index is 1.06. The Bertz CT molecular complexity index is 1350. The number of nitrogens with zero attached hydrogens (tertiary/aromatic N) is 4. The van der Waals surface area contributed by atoms with Gasteiger partial charge in [0.1, 0.15) is 6.04 Å². The second-order valence-corrected chi connectivity index (χ2v) is 10.6. The van der Waals surface area contributed by atoms with Crippen molar-refractivity contribution in [1.82, 2.24) is 30.5 Å². The zero-order chi connectivity index (χ0) is 24.6. The Morgan fingerprint density at radius 1 is 1.08 bits per heavy atom. The Hall–Kier alpha value is -3.82. The van der Waals surface area contributed by atoms with Crippen LogP contribution in [0.15, 0.2) is 36.5 Å². The number of hydrogen-bond acceptors (Lipinski definition) is 6. The molecule has 0 radical (unpaired) electrons. The average Bonchev–Trinajstić information content (AvgIpc) is 3.68. The highest BCUT2D eigenvalue weighted by atomic mass is 16.2. The second kappa shape index (κ2) is 7.84. The predicted molar refractivity (Wildman–Crippen MR) is 126 cm³/mol. The van der Waals surface area contributed by atoms with Gasteiger partial charge in [-0.05, 0) is 67.1 Å². The van der Waals surface area contributed by atoms with E-state index in [1.165, 1.54) is 16.0 Å². The summed E-state index contributed by atoms with van der Waals surface area (Å²) in [6.07, 6.45) is 10.2. The van der Waals surface area contributed by atoms with E-state index in [0.29, 0.717) is 47.9 Å². The summed E-state index contributed by atoms with van der Waals surface area (Å²) in [6, 6.07) is 4.87. The van der Waals surface area contributed by atoms with Gasteiger partial charge in [-0.15, -0.1) is 5.10 Å². The molecule has 5 aliphatic rings. The van der Waals surface area contributed by atoms with Gasteiger partial charge in [0.05, 0.1) is 11.9 Å². The summed E-state index contributed by atoms with van der Waals surface area (Å²) in [4.78, 5) is 51.4. The Morgan fingerprint density at radius 3 is 2.81 bits per heavy atom. The molecule has 2 aliphatic heterocycles. The highest BCUT2D eigenvalue weighted by Crippen LogP contribution is 2.55. The van der Waals surface area contributed by atoms with Crippen molar-refractivity contribution in [2.75, 3.05) is 0 Å². The van der Waals surface area contributed by atoms with Gasteiger partial charge in [0, 0.05) is 24.6 Å². The number of allylic oxidation sites excluding steroid dienone is 2. The van der Waals surface area contributed by atoms with Crippen LogP contribution in [0.1, 0.15) is 58.5 Å². The van der Waals surface area contributed by atoms with Crippen LogP contribution in [0.2, 0.25) is 0 Å². The van der Waals surface area contributed by atoms with Crippen LogP contribution in [-0.4, -0.2) is 55.6 Å². The maximum Gasteiger partial charge on any atom is 0.273 e. The van der Waals surface area contributed by atoms with Crippen molar-refractivity contribution in [3.63, 3.8) is 0 Å². The molecule has 3 fully saturated rings. The number of aromatic nitrogens is 3. The van der Waals surface area contributed by atoms with Crippen molar-refractivity contribution < 1.29 is 19.2 Å². The fourth-order valence-corrected chi connectivity index (χ4v) is 7.12. The number of benzene rings is 1. The van der Waals surface area contributed by atoms with Gasteiger partial charge in [-0.1, -0.05) is 23.4 Å². The van der Waals surface area contributed by atoms with Crippen molar-refractivity contribution in [3.8, 4) is 5.69 Å². The van der Waals surface area contributed by atoms with Crippen LogP contribution in [0.25, 0.3) is 5.69 Å². The van der Waals surface area contributed by atoms with Gasteiger partial charge in [0.15, 0.2) is 5.69 Å². The Kier molecular flexibility index (Phi) is 4.67. The second-order valence-electron chi connectivity index (χ2n) is 10.6. The fourth-order valence-electron chi connectivity index (χ4n) is 7.12. The first kappa shape index (κ1) is 21.5. The van der Waals surface area contributed by atoms with Gasteiger partial charge in [0.2, 0.25) is 11.8 Å². The first-order valence-electron chi connectivity index (χ1n) is 12.7. The Morgan fingerprint density at radius 2 is 1.94 bits per heavy atom. The summed E-state index contributed by atoms with van der Waals surface area (Å²) in [5, 5.41) is 13.7. The number of imide groups is 1. The minimum atomic E-state index is -0.659. The van der Waals surface area contributed by atoms with Crippen LogP contribution < -0.4 is 10.6 Å². The van der Waals surface area contributed by atoms with Crippen LogP contribution in [-0.2, 0) is 16.1 Å². The lowest BCUT2D eigenvalue weighted by Gasteiger charge is -2.29. The quantitative estimate of drug-likeness (QED) is 0.496. The van der Waals surface area contributed by atoms with E-state index in [1.54, 1.807) is 12.3 Å². The lowest BCUT2D eigenvalue weighted by molar-refractivity contribution is -0.136. The van der Waals surface area contributed by atoms with E-state index in [-0.39, 0.29) is 35.9 Å².